The zero-order valence-corrected chi connectivity index (χ0v) is 30.2. The monoisotopic (exact) mass is 641 g/mol. The van der Waals surface area contributed by atoms with E-state index in [0.717, 1.165) is 64.2 Å². The minimum Gasteiger partial charge on any atom is -0.543 e. The van der Waals surface area contributed by atoms with E-state index in [9.17, 15) is 0 Å². The molecule has 1 saturated carbocycles. The Kier molecular flexibility index (Phi) is 8.76. The summed E-state index contributed by atoms with van der Waals surface area (Å²) in [6.07, 6.45) is 8.27. The Bertz CT molecular complexity index is 1750. The molecule has 0 bridgehead atoms. The second-order valence-electron chi connectivity index (χ2n) is 15.0. The van der Waals surface area contributed by atoms with Crippen molar-refractivity contribution in [2.45, 2.75) is 97.4 Å². The van der Waals surface area contributed by atoms with Crippen LogP contribution in [-0.4, -0.2) is 47.4 Å². The fraction of sp³-hybridized carbons (Fsp3) is 0.472. The number of benzene rings is 1. The molecular formula is C36H51N7O2Si. The van der Waals surface area contributed by atoms with Gasteiger partial charge in [0.25, 0.3) is 0 Å². The second-order valence-corrected chi connectivity index (χ2v) is 19.7. The molecule has 1 aliphatic rings. The van der Waals surface area contributed by atoms with Crippen LogP contribution in [0.2, 0.25) is 18.1 Å². The number of hydrogen-bond acceptors (Lipinski definition) is 7. The van der Waals surface area contributed by atoms with Gasteiger partial charge < -0.3 is 25.9 Å². The SMILES string of the molecule is CCc1cc(O[Si](C)(C)C(C)(C)C)ccc1N=C(N)c1cnn2cc(-c3ccc(OC)nc3)cc2c1N[C@@H]1CC[C@](C)(N)C1(C)C. The minimum absolute atomic E-state index is 0.105. The molecule has 10 heteroatoms. The van der Waals surface area contributed by atoms with Crippen molar-refractivity contribution < 1.29 is 9.16 Å². The van der Waals surface area contributed by atoms with E-state index in [1.54, 1.807) is 13.3 Å². The van der Waals surface area contributed by atoms with Crippen molar-refractivity contribution >= 4 is 31.0 Å². The average molecular weight is 642 g/mol. The van der Waals surface area contributed by atoms with E-state index in [-0.39, 0.29) is 22.0 Å². The van der Waals surface area contributed by atoms with Gasteiger partial charge in [-0.3, -0.25) is 0 Å². The number of aliphatic imine (C=N–C) groups is 1. The highest BCUT2D eigenvalue weighted by Gasteiger charge is 2.49. The molecule has 5 N–H and O–H groups in total. The lowest BCUT2D eigenvalue weighted by Crippen LogP contribution is -2.51. The lowest BCUT2D eigenvalue weighted by atomic mass is 9.75. The number of anilines is 1. The van der Waals surface area contributed by atoms with Crippen LogP contribution < -0.4 is 25.9 Å². The van der Waals surface area contributed by atoms with Crippen LogP contribution in [0, 0.1) is 5.41 Å². The summed E-state index contributed by atoms with van der Waals surface area (Å²) in [5.74, 6) is 1.84. The number of nitrogens with one attached hydrogen (secondary N) is 1. The number of nitrogens with two attached hydrogens (primary N) is 2. The summed E-state index contributed by atoms with van der Waals surface area (Å²) in [5, 5.41) is 8.75. The van der Waals surface area contributed by atoms with Gasteiger partial charge in [-0.1, -0.05) is 41.5 Å². The fourth-order valence-corrected chi connectivity index (χ4v) is 6.86. The molecule has 9 nitrogen and oxygen atoms in total. The van der Waals surface area contributed by atoms with Crippen molar-refractivity contribution in [3.63, 3.8) is 0 Å². The number of rotatable bonds is 9. The normalized spacial score (nSPS) is 20.2. The first-order valence-electron chi connectivity index (χ1n) is 16.2. The average Bonchev–Trinajstić information content (AvgIpc) is 3.51. The van der Waals surface area contributed by atoms with Gasteiger partial charge in [-0.25, -0.2) is 14.5 Å². The Balaban J connectivity index is 1.58. The van der Waals surface area contributed by atoms with Gasteiger partial charge >= 0.3 is 0 Å². The van der Waals surface area contributed by atoms with E-state index in [1.165, 1.54) is 0 Å². The summed E-state index contributed by atoms with van der Waals surface area (Å²) >= 11 is 0. The zero-order valence-electron chi connectivity index (χ0n) is 29.2. The highest BCUT2D eigenvalue weighted by Crippen LogP contribution is 2.46. The number of aromatic nitrogens is 3. The first-order chi connectivity index (χ1) is 21.5. The molecule has 4 aromatic rings. The van der Waals surface area contributed by atoms with E-state index < -0.39 is 8.32 Å². The third-order valence-electron chi connectivity index (χ3n) is 10.7. The smallest absolute Gasteiger partial charge is 0.250 e. The summed E-state index contributed by atoms with van der Waals surface area (Å²) in [7, 11) is -0.370. The van der Waals surface area contributed by atoms with Gasteiger partial charge in [-0.15, -0.1) is 0 Å². The Morgan fingerprint density at radius 3 is 2.43 bits per heavy atom. The van der Waals surface area contributed by atoms with Crippen LogP contribution in [0.25, 0.3) is 16.6 Å². The fourth-order valence-electron chi connectivity index (χ4n) is 5.84. The number of amidine groups is 1. The van der Waals surface area contributed by atoms with Gasteiger partial charge in [-0.2, -0.15) is 5.10 Å². The molecule has 246 valence electrons. The minimum atomic E-state index is -1.98. The van der Waals surface area contributed by atoms with Crippen LogP contribution in [-0.2, 0) is 6.42 Å². The third-order valence-corrected chi connectivity index (χ3v) is 15.0. The summed E-state index contributed by atoms with van der Waals surface area (Å²) in [6, 6.07) is 12.2. The molecule has 3 heterocycles. The van der Waals surface area contributed by atoms with Gasteiger partial charge in [0.15, 0.2) is 0 Å². The summed E-state index contributed by atoms with van der Waals surface area (Å²) in [6.45, 7) is 20.0. The van der Waals surface area contributed by atoms with Crippen molar-refractivity contribution in [1.29, 1.82) is 0 Å². The molecule has 1 aromatic carbocycles. The number of ether oxygens (including phenoxy) is 1. The Labute approximate surface area is 274 Å². The van der Waals surface area contributed by atoms with Crippen LogP contribution >= 0.6 is 0 Å². The summed E-state index contributed by atoms with van der Waals surface area (Å²) in [4.78, 5) is 9.39. The van der Waals surface area contributed by atoms with Gasteiger partial charge in [-0.05, 0) is 80.2 Å². The van der Waals surface area contributed by atoms with E-state index in [0.29, 0.717) is 11.7 Å². The van der Waals surface area contributed by atoms with Crippen LogP contribution in [0.5, 0.6) is 11.6 Å². The topological polar surface area (TPSA) is 125 Å². The molecule has 1 fully saturated rings. The van der Waals surface area contributed by atoms with Gasteiger partial charge in [0.2, 0.25) is 14.2 Å². The maximum atomic E-state index is 6.87. The zero-order chi connectivity index (χ0) is 33.7. The first-order valence-corrected chi connectivity index (χ1v) is 19.1. The van der Waals surface area contributed by atoms with E-state index >= 15 is 0 Å². The largest absolute Gasteiger partial charge is 0.543 e. The van der Waals surface area contributed by atoms with Crippen molar-refractivity contribution in [2.75, 3.05) is 12.4 Å². The summed E-state index contributed by atoms with van der Waals surface area (Å²) in [5.41, 5.74) is 19.6. The molecule has 46 heavy (non-hydrogen) atoms. The third kappa shape index (κ3) is 6.24. The molecule has 2 atom stereocenters. The van der Waals surface area contributed by atoms with Crippen LogP contribution in [0.1, 0.15) is 72.4 Å². The van der Waals surface area contributed by atoms with Crippen molar-refractivity contribution in [2.24, 2.45) is 21.9 Å². The maximum Gasteiger partial charge on any atom is 0.250 e. The number of fused-ring (bicyclic) bond motifs is 1. The van der Waals surface area contributed by atoms with Crippen molar-refractivity contribution in [1.82, 2.24) is 14.6 Å². The van der Waals surface area contributed by atoms with Crippen molar-refractivity contribution in [3.8, 4) is 22.8 Å². The lowest BCUT2D eigenvalue weighted by Gasteiger charge is -2.39. The van der Waals surface area contributed by atoms with Crippen LogP contribution in [0.4, 0.5) is 11.4 Å². The van der Waals surface area contributed by atoms with Crippen molar-refractivity contribution in [3.05, 3.63) is 66.1 Å². The predicted octanol–water partition coefficient (Wildman–Crippen LogP) is 7.71. The molecule has 0 amide bonds. The number of aryl methyl sites for hydroxylation is 1. The van der Waals surface area contributed by atoms with E-state index in [1.807, 2.05) is 41.2 Å². The van der Waals surface area contributed by atoms with Crippen LogP contribution in [0.15, 0.2) is 60.0 Å². The number of hydrogen-bond donors (Lipinski definition) is 3. The molecule has 0 spiro atoms. The Hall–Kier alpha value is -3.89. The highest BCUT2D eigenvalue weighted by molar-refractivity contribution is 6.74. The maximum absolute atomic E-state index is 6.87. The number of methoxy groups -OCH3 is 1. The highest BCUT2D eigenvalue weighted by atomic mass is 28.4. The predicted molar refractivity (Wildman–Crippen MR) is 192 cm³/mol. The lowest BCUT2D eigenvalue weighted by molar-refractivity contribution is 0.215. The number of pyridine rings is 1. The quantitative estimate of drug-likeness (QED) is 0.0971. The summed E-state index contributed by atoms with van der Waals surface area (Å²) < 4.78 is 13.7. The standard InChI is InChI=1S/C36H51N7O2Si/c1-11-23-18-26(45-46(9,10)34(2,3)4)13-14-28(23)41-33(37)27-21-40-43-22-25(24-12-15-31(44-8)39-20-24)19-29(43)32(27)42-30-16-17-36(7,38)35(30,5)6/h12-15,18-22,30,42H,11,16-17,38H2,1-10H3,(H2,37,41)/t30-,36+/m1/s1. The second kappa shape index (κ2) is 12.0. The molecule has 0 unspecified atom stereocenters. The molecule has 3 aromatic heterocycles. The van der Waals surface area contributed by atoms with Gasteiger partial charge in [0.05, 0.1) is 35.8 Å². The van der Waals surface area contributed by atoms with E-state index in [4.69, 9.17) is 30.7 Å². The van der Waals surface area contributed by atoms with Gasteiger partial charge in [0, 0.05) is 46.6 Å². The molecule has 1 aliphatic carbocycles. The Morgan fingerprint density at radius 1 is 1.11 bits per heavy atom. The molecule has 0 saturated heterocycles. The van der Waals surface area contributed by atoms with Crippen LogP contribution in [0.3, 0.4) is 0 Å². The number of nitrogens with zero attached hydrogens (tertiary/aromatic N) is 4. The molecule has 0 aliphatic heterocycles. The Morgan fingerprint density at radius 2 is 1.85 bits per heavy atom. The molecular weight excluding hydrogens is 591 g/mol. The molecule has 5 rings (SSSR count). The molecule has 0 radical (unpaired) electrons. The van der Waals surface area contributed by atoms with E-state index in [2.05, 4.69) is 84.0 Å². The first kappa shape index (κ1) is 33.5. The van der Waals surface area contributed by atoms with Gasteiger partial charge in [0.1, 0.15) is 11.6 Å².